The van der Waals surface area contributed by atoms with E-state index in [0.29, 0.717) is 18.7 Å². The Hall–Kier alpha value is -3.03. The highest BCUT2D eigenvalue weighted by Crippen LogP contribution is 2.25. The molecule has 1 N–H and O–H groups in total. The highest BCUT2D eigenvalue weighted by Gasteiger charge is 2.29. The second-order valence-electron chi connectivity index (χ2n) is 6.28. The van der Waals surface area contributed by atoms with Crippen LogP contribution in [0.4, 0.5) is 0 Å². The van der Waals surface area contributed by atoms with Crippen molar-refractivity contribution >= 4 is 11.6 Å². The van der Waals surface area contributed by atoms with Crippen LogP contribution in [-0.4, -0.2) is 48.5 Å². The number of likely N-dealkylation sites (tertiary alicyclic amines) is 1. The Balaban J connectivity index is 1.62. The lowest BCUT2D eigenvalue weighted by molar-refractivity contribution is 0.0702. The molecule has 3 aromatic heterocycles. The van der Waals surface area contributed by atoms with Crippen LogP contribution in [0.3, 0.4) is 0 Å². The molecule has 128 valence electrons. The number of carbonyl (C=O) groups excluding carboxylic acids is 1. The molecule has 3 aromatic rings. The molecule has 8 nitrogen and oxygen atoms in total. The second kappa shape index (κ2) is 6.12. The summed E-state index contributed by atoms with van der Waals surface area (Å²) in [6.07, 6.45) is 4.78. The molecule has 1 fully saturated rings. The molecule has 8 heteroatoms. The Morgan fingerprint density at radius 2 is 2.24 bits per heavy atom. The van der Waals surface area contributed by atoms with Crippen LogP contribution in [0.25, 0.3) is 5.65 Å². The number of aromatic nitrogens is 5. The van der Waals surface area contributed by atoms with Gasteiger partial charge in [0.1, 0.15) is 17.0 Å². The van der Waals surface area contributed by atoms with Crippen LogP contribution >= 0.6 is 0 Å². The lowest BCUT2D eigenvalue weighted by atomic mass is 9.97. The van der Waals surface area contributed by atoms with Gasteiger partial charge in [-0.05, 0) is 31.9 Å². The van der Waals surface area contributed by atoms with Crippen molar-refractivity contribution in [1.29, 1.82) is 0 Å². The van der Waals surface area contributed by atoms with Crippen molar-refractivity contribution in [3.05, 3.63) is 58.2 Å². The predicted molar refractivity (Wildman–Crippen MR) is 90.5 cm³/mol. The lowest BCUT2D eigenvalue weighted by Crippen LogP contribution is -2.41. The van der Waals surface area contributed by atoms with Gasteiger partial charge in [0.25, 0.3) is 11.5 Å². The maximum Gasteiger partial charge on any atom is 0.270 e. The van der Waals surface area contributed by atoms with Crippen LogP contribution < -0.4 is 5.56 Å². The van der Waals surface area contributed by atoms with Crippen molar-refractivity contribution < 1.29 is 4.79 Å². The van der Waals surface area contributed by atoms with Crippen LogP contribution in [0, 0.1) is 6.92 Å². The van der Waals surface area contributed by atoms with Gasteiger partial charge in [-0.1, -0.05) is 6.07 Å². The fourth-order valence-corrected chi connectivity index (χ4v) is 3.26. The number of fused-ring (bicyclic) bond motifs is 1. The van der Waals surface area contributed by atoms with E-state index >= 15 is 0 Å². The monoisotopic (exact) mass is 338 g/mol. The van der Waals surface area contributed by atoms with Crippen molar-refractivity contribution in [2.45, 2.75) is 25.7 Å². The molecule has 0 bridgehead atoms. The molecule has 4 heterocycles. The van der Waals surface area contributed by atoms with Crippen LogP contribution in [0.5, 0.6) is 0 Å². The van der Waals surface area contributed by atoms with Crippen molar-refractivity contribution in [2.75, 3.05) is 13.1 Å². The van der Waals surface area contributed by atoms with Gasteiger partial charge in [-0.2, -0.15) is 5.10 Å². The third kappa shape index (κ3) is 2.79. The van der Waals surface area contributed by atoms with E-state index < -0.39 is 0 Å². The molecule has 1 unspecified atom stereocenters. The first-order valence-corrected chi connectivity index (χ1v) is 8.28. The van der Waals surface area contributed by atoms with Crippen molar-refractivity contribution in [3.63, 3.8) is 0 Å². The smallest absolute Gasteiger partial charge is 0.270 e. The SMILES string of the molecule is Cc1nc(C2CCCN(C(=O)c3cnc4ccccn4c3=O)C2)n[nH]1. The molecule has 0 aromatic carbocycles. The van der Waals surface area contributed by atoms with Crippen LogP contribution in [0.15, 0.2) is 35.4 Å². The van der Waals surface area contributed by atoms with Gasteiger partial charge in [0.2, 0.25) is 0 Å². The largest absolute Gasteiger partial charge is 0.338 e. The molecule has 1 aliphatic heterocycles. The number of nitrogens with one attached hydrogen (secondary N) is 1. The number of aryl methyl sites for hydroxylation is 1. The van der Waals surface area contributed by atoms with E-state index in [4.69, 9.17) is 0 Å². The number of hydrogen-bond acceptors (Lipinski definition) is 5. The number of carbonyl (C=O) groups is 1. The lowest BCUT2D eigenvalue weighted by Gasteiger charge is -2.31. The topological polar surface area (TPSA) is 96.2 Å². The van der Waals surface area contributed by atoms with Crippen molar-refractivity contribution in [2.24, 2.45) is 0 Å². The summed E-state index contributed by atoms with van der Waals surface area (Å²) in [6.45, 7) is 2.98. The van der Waals surface area contributed by atoms with Gasteiger partial charge in [-0.15, -0.1) is 0 Å². The molecule has 0 aliphatic carbocycles. The molecule has 1 aliphatic rings. The van der Waals surface area contributed by atoms with Gasteiger partial charge in [0, 0.05) is 31.4 Å². The quantitative estimate of drug-likeness (QED) is 0.756. The number of aromatic amines is 1. The van der Waals surface area contributed by atoms with Gasteiger partial charge in [-0.25, -0.2) is 9.97 Å². The number of piperidine rings is 1. The fourth-order valence-electron chi connectivity index (χ4n) is 3.26. The number of rotatable bonds is 2. The Bertz CT molecular complexity index is 992. The third-order valence-electron chi connectivity index (χ3n) is 4.53. The minimum atomic E-state index is -0.341. The van der Waals surface area contributed by atoms with Gasteiger partial charge in [0.15, 0.2) is 5.82 Å². The van der Waals surface area contributed by atoms with E-state index in [-0.39, 0.29) is 22.9 Å². The Morgan fingerprint density at radius 3 is 3.04 bits per heavy atom. The number of hydrogen-bond donors (Lipinski definition) is 1. The van der Waals surface area contributed by atoms with E-state index in [1.807, 2.05) is 6.92 Å². The summed E-state index contributed by atoms with van der Waals surface area (Å²) in [5.74, 6) is 1.28. The van der Waals surface area contributed by atoms with E-state index in [9.17, 15) is 9.59 Å². The summed E-state index contributed by atoms with van der Waals surface area (Å²) < 4.78 is 1.40. The predicted octanol–water partition coefficient (Wildman–Crippen LogP) is 1.14. The minimum Gasteiger partial charge on any atom is -0.338 e. The number of H-pyrrole nitrogens is 1. The zero-order chi connectivity index (χ0) is 17.4. The van der Waals surface area contributed by atoms with Gasteiger partial charge in [-0.3, -0.25) is 19.1 Å². The van der Waals surface area contributed by atoms with Gasteiger partial charge < -0.3 is 4.90 Å². The van der Waals surface area contributed by atoms with E-state index in [0.717, 1.165) is 24.5 Å². The molecule has 0 spiro atoms. The van der Waals surface area contributed by atoms with Gasteiger partial charge >= 0.3 is 0 Å². The van der Waals surface area contributed by atoms with E-state index in [1.54, 1.807) is 29.3 Å². The molecule has 4 rings (SSSR count). The highest BCUT2D eigenvalue weighted by molar-refractivity contribution is 5.93. The second-order valence-corrected chi connectivity index (χ2v) is 6.28. The van der Waals surface area contributed by atoms with Crippen molar-refractivity contribution in [1.82, 2.24) is 29.5 Å². The molecular formula is C17H18N6O2. The zero-order valence-electron chi connectivity index (χ0n) is 13.8. The van der Waals surface area contributed by atoms with Gasteiger partial charge in [0.05, 0.1) is 0 Å². The van der Waals surface area contributed by atoms with Crippen molar-refractivity contribution in [3.8, 4) is 0 Å². The summed E-state index contributed by atoms with van der Waals surface area (Å²) in [7, 11) is 0. The first kappa shape index (κ1) is 15.5. The zero-order valence-corrected chi connectivity index (χ0v) is 13.8. The Labute approximate surface area is 143 Å². The summed E-state index contributed by atoms with van der Waals surface area (Å²) in [6, 6.07) is 5.28. The molecule has 1 amide bonds. The molecule has 0 saturated carbocycles. The summed E-state index contributed by atoms with van der Waals surface area (Å²) in [5.41, 5.74) is 0.277. The molecule has 0 radical (unpaired) electrons. The van der Waals surface area contributed by atoms with Crippen LogP contribution in [0.2, 0.25) is 0 Å². The number of pyridine rings is 1. The fraction of sp³-hybridized carbons (Fsp3) is 0.353. The average molecular weight is 338 g/mol. The maximum absolute atomic E-state index is 12.9. The summed E-state index contributed by atoms with van der Waals surface area (Å²) >= 11 is 0. The first-order chi connectivity index (χ1) is 12.1. The van der Waals surface area contributed by atoms with Crippen LogP contribution in [0.1, 0.15) is 40.8 Å². The molecule has 25 heavy (non-hydrogen) atoms. The molecular weight excluding hydrogens is 320 g/mol. The molecule has 1 saturated heterocycles. The van der Waals surface area contributed by atoms with E-state index in [1.165, 1.54) is 10.6 Å². The highest BCUT2D eigenvalue weighted by atomic mass is 16.2. The Morgan fingerprint density at radius 1 is 1.36 bits per heavy atom. The van der Waals surface area contributed by atoms with E-state index in [2.05, 4.69) is 20.2 Å². The average Bonchev–Trinajstić information content (AvgIpc) is 3.08. The third-order valence-corrected chi connectivity index (χ3v) is 4.53. The summed E-state index contributed by atoms with van der Waals surface area (Å²) in [4.78, 5) is 35.8. The molecule has 1 atom stereocenters. The standard InChI is InChI=1S/C17H18N6O2/c1-11-19-15(21-20-11)12-5-4-7-22(10-12)16(24)13-9-18-14-6-2-3-8-23(14)17(13)25/h2-3,6,8-9,12H,4-5,7,10H2,1H3,(H,19,20,21). The summed E-state index contributed by atoms with van der Waals surface area (Å²) in [5, 5.41) is 7.06. The maximum atomic E-state index is 12.9. The Kier molecular flexibility index (Phi) is 3.79. The number of amides is 1. The minimum absolute atomic E-state index is 0.0822. The van der Waals surface area contributed by atoms with Crippen LogP contribution in [-0.2, 0) is 0 Å². The normalized spacial score (nSPS) is 17.8. The first-order valence-electron chi connectivity index (χ1n) is 8.28. The number of nitrogens with zero attached hydrogens (tertiary/aromatic N) is 5.